The molecule has 0 aromatic heterocycles. The van der Waals surface area contributed by atoms with Crippen molar-refractivity contribution in [3.63, 3.8) is 0 Å². The monoisotopic (exact) mass is 682 g/mol. The first-order valence-corrected chi connectivity index (χ1v) is 20.3. The summed E-state index contributed by atoms with van der Waals surface area (Å²) in [7, 11) is 0. The largest absolute Gasteiger partial charge is 0.462 e. The minimum absolute atomic E-state index is 0.00448. The fourth-order valence-corrected chi connectivity index (χ4v) is 10.8. The molecule has 0 radical (unpaired) electrons. The van der Waals surface area contributed by atoms with Gasteiger partial charge in [-0.1, -0.05) is 51.0 Å². The average molecular weight is 682 g/mol. The molecule has 0 saturated heterocycles. The number of fused-ring (bicyclic) bond motifs is 5. The molecule has 4 aliphatic carbocycles. The predicted octanol–water partition coefficient (Wildman–Crippen LogP) is 9.50. The normalized spacial score (nSPS) is 31.9. The van der Waals surface area contributed by atoms with Crippen LogP contribution >= 0.6 is 0 Å². The summed E-state index contributed by atoms with van der Waals surface area (Å²) < 4.78 is 6.08. The Labute approximate surface area is 301 Å². The van der Waals surface area contributed by atoms with Gasteiger partial charge in [-0.05, 0) is 159 Å². The highest BCUT2D eigenvalue weighted by Gasteiger charge is 2.58. The molecule has 3 saturated carbocycles. The van der Waals surface area contributed by atoms with Gasteiger partial charge in [-0.25, -0.2) is 0 Å². The molecule has 0 aliphatic heterocycles. The van der Waals surface area contributed by atoms with Gasteiger partial charge in [0.05, 0.1) is 6.42 Å². The lowest BCUT2D eigenvalue weighted by Crippen LogP contribution is -2.50. The van der Waals surface area contributed by atoms with Crippen LogP contribution in [0.3, 0.4) is 0 Å². The average Bonchev–Trinajstić information content (AvgIpc) is 3.34. The van der Waals surface area contributed by atoms with Crippen molar-refractivity contribution >= 4 is 11.9 Å². The first-order chi connectivity index (χ1) is 22.9. The zero-order valence-corrected chi connectivity index (χ0v) is 33.2. The van der Waals surface area contributed by atoms with E-state index < -0.39 is 0 Å². The number of nitrogens with zero attached hydrogens (tertiary/aromatic N) is 1. The molecule has 49 heavy (non-hydrogen) atoms. The van der Waals surface area contributed by atoms with E-state index in [4.69, 9.17) is 16.2 Å². The lowest BCUT2D eigenvalue weighted by Gasteiger charge is -2.58. The number of hydrogen-bond donors (Lipinski definition) is 2. The Kier molecular flexibility index (Phi) is 13.4. The zero-order chi connectivity index (χ0) is 36.2. The molecule has 1 amide bonds. The number of esters is 1. The molecule has 7 atom stereocenters. The molecule has 4 rings (SSSR count). The smallest absolute Gasteiger partial charge is 0.306 e. The summed E-state index contributed by atoms with van der Waals surface area (Å²) in [5, 5.41) is 0. The number of carbonyl (C=O) groups excluding carboxylic acids is 2. The molecule has 3 fully saturated rings. The fourth-order valence-electron chi connectivity index (χ4n) is 10.8. The van der Waals surface area contributed by atoms with Crippen LogP contribution < -0.4 is 11.5 Å². The Morgan fingerprint density at radius 1 is 0.939 bits per heavy atom. The molecule has 4 aliphatic rings. The van der Waals surface area contributed by atoms with Gasteiger partial charge in [-0.2, -0.15) is 0 Å². The lowest BCUT2D eigenvalue weighted by molar-refractivity contribution is -0.153. The molecule has 0 spiro atoms. The van der Waals surface area contributed by atoms with E-state index in [1.54, 1.807) is 5.57 Å². The number of amides is 1. The summed E-state index contributed by atoms with van der Waals surface area (Å²) in [6, 6.07) is 0. The van der Waals surface area contributed by atoms with Crippen LogP contribution in [0.2, 0.25) is 0 Å². The maximum absolute atomic E-state index is 13.2. The van der Waals surface area contributed by atoms with Crippen LogP contribution in [-0.4, -0.2) is 47.0 Å². The van der Waals surface area contributed by atoms with E-state index in [1.807, 2.05) is 32.6 Å². The number of hydrogen-bond acceptors (Lipinski definition) is 5. The van der Waals surface area contributed by atoms with E-state index in [-0.39, 0.29) is 47.3 Å². The molecular formula is C43H75N3O3. The van der Waals surface area contributed by atoms with E-state index in [0.29, 0.717) is 30.8 Å². The first-order valence-electron chi connectivity index (χ1n) is 20.3. The fraction of sp³-hybridized carbons (Fsp3) is 0.860. The van der Waals surface area contributed by atoms with E-state index in [2.05, 4.69) is 46.8 Å². The van der Waals surface area contributed by atoms with Crippen LogP contribution in [0.5, 0.6) is 0 Å². The van der Waals surface area contributed by atoms with Crippen molar-refractivity contribution in [2.75, 3.05) is 13.1 Å². The molecule has 0 aromatic carbocycles. The maximum Gasteiger partial charge on any atom is 0.306 e. The van der Waals surface area contributed by atoms with Gasteiger partial charge < -0.3 is 21.1 Å². The van der Waals surface area contributed by atoms with E-state index in [0.717, 1.165) is 55.8 Å². The minimum Gasteiger partial charge on any atom is -0.462 e. The first kappa shape index (κ1) is 40.1. The zero-order valence-electron chi connectivity index (χ0n) is 33.2. The molecule has 7 unspecified atom stereocenters. The Morgan fingerprint density at radius 3 is 2.31 bits per heavy atom. The Balaban J connectivity index is 1.29. The van der Waals surface area contributed by atoms with Crippen molar-refractivity contribution in [1.29, 1.82) is 0 Å². The topological polar surface area (TPSA) is 98.7 Å². The third-order valence-corrected chi connectivity index (χ3v) is 13.9. The number of carbonyl (C=O) groups is 2. The summed E-state index contributed by atoms with van der Waals surface area (Å²) in [6.07, 6.45) is 21.2. The van der Waals surface area contributed by atoms with Gasteiger partial charge in [0.2, 0.25) is 5.91 Å². The minimum atomic E-state index is -0.353. The summed E-state index contributed by atoms with van der Waals surface area (Å²) in [4.78, 5) is 28.2. The van der Waals surface area contributed by atoms with Gasteiger partial charge in [0.1, 0.15) is 6.10 Å². The molecule has 6 heteroatoms. The van der Waals surface area contributed by atoms with Crippen molar-refractivity contribution in [2.24, 2.45) is 51.9 Å². The molecule has 4 N–H and O–H groups in total. The van der Waals surface area contributed by atoms with Crippen molar-refractivity contribution in [1.82, 2.24) is 4.90 Å². The van der Waals surface area contributed by atoms with Crippen LogP contribution in [0.4, 0.5) is 0 Å². The molecule has 0 aromatic rings. The highest BCUT2D eigenvalue weighted by atomic mass is 16.5. The summed E-state index contributed by atoms with van der Waals surface area (Å²) in [6.45, 7) is 21.3. The van der Waals surface area contributed by atoms with Gasteiger partial charge >= 0.3 is 5.97 Å². The third kappa shape index (κ3) is 10.2. The summed E-state index contributed by atoms with van der Waals surface area (Å²) >= 11 is 0. The summed E-state index contributed by atoms with van der Waals surface area (Å²) in [5.41, 5.74) is 15.7. The SMILES string of the molecule is C/C=C(/CCCC1CCC2C3CC=C4CC(OC(=O)CCC(=O)N(CCCC(C)(C)N)CCC(C)(C)N)CCC4(C)C3CCC12C)C(C)C. The van der Waals surface area contributed by atoms with Crippen molar-refractivity contribution < 1.29 is 14.3 Å². The van der Waals surface area contributed by atoms with E-state index in [1.165, 1.54) is 56.9 Å². The van der Waals surface area contributed by atoms with Crippen LogP contribution in [0.25, 0.3) is 0 Å². The van der Waals surface area contributed by atoms with Crippen LogP contribution in [-0.2, 0) is 14.3 Å². The molecular weight excluding hydrogens is 606 g/mol. The highest BCUT2D eigenvalue weighted by molar-refractivity contribution is 5.81. The third-order valence-electron chi connectivity index (χ3n) is 13.9. The number of allylic oxidation sites excluding steroid dienone is 3. The predicted molar refractivity (Wildman–Crippen MR) is 204 cm³/mol. The van der Waals surface area contributed by atoms with E-state index >= 15 is 0 Å². The van der Waals surface area contributed by atoms with Gasteiger partial charge in [-0.3, -0.25) is 9.59 Å². The number of nitrogens with two attached hydrogens (primary N) is 2. The quantitative estimate of drug-likeness (QED) is 0.125. The number of rotatable bonds is 16. The van der Waals surface area contributed by atoms with Gasteiger partial charge in [0.25, 0.3) is 0 Å². The molecule has 0 bridgehead atoms. The highest BCUT2D eigenvalue weighted by Crippen LogP contribution is 2.67. The maximum atomic E-state index is 13.2. The standard InChI is InChI=1S/C43H75N3O3/c1-10-31(30(2)3)13-11-14-32-16-18-36-35-17-15-33-29-34(21-24-43(33,9)37(35)22-25-42(32,36)8)49-39(48)20-19-38(47)46(28-26-41(6,7)45)27-12-23-40(4,5)44/h10,15,30,32,34-37H,11-14,16-29,44-45H2,1-9H3/b31-10-. The molecule has 280 valence electrons. The van der Waals surface area contributed by atoms with Crippen LogP contribution in [0, 0.1) is 40.4 Å². The Bertz CT molecular complexity index is 1190. The second kappa shape index (κ2) is 16.3. The number of ether oxygens (including phenoxy) is 1. The Hall–Kier alpha value is -1.66. The lowest BCUT2D eigenvalue weighted by atomic mass is 9.47. The summed E-state index contributed by atoms with van der Waals surface area (Å²) in [5.74, 6) is 3.71. The van der Waals surface area contributed by atoms with Gasteiger partial charge in [0.15, 0.2) is 0 Å². The molecule has 6 nitrogen and oxygen atoms in total. The second-order valence-corrected chi connectivity index (χ2v) is 19.1. The van der Waals surface area contributed by atoms with Crippen molar-refractivity contribution in [3.8, 4) is 0 Å². The van der Waals surface area contributed by atoms with Gasteiger partial charge in [-0.15, -0.1) is 0 Å². The molecule has 0 heterocycles. The second-order valence-electron chi connectivity index (χ2n) is 19.1. The van der Waals surface area contributed by atoms with Gasteiger partial charge in [0, 0.05) is 37.0 Å². The van der Waals surface area contributed by atoms with Crippen molar-refractivity contribution in [3.05, 3.63) is 23.3 Å². The Morgan fingerprint density at radius 2 is 1.65 bits per heavy atom. The van der Waals surface area contributed by atoms with Crippen LogP contribution in [0.1, 0.15) is 165 Å². The van der Waals surface area contributed by atoms with E-state index in [9.17, 15) is 9.59 Å². The van der Waals surface area contributed by atoms with Crippen molar-refractivity contribution in [2.45, 2.75) is 182 Å². The van der Waals surface area contributed by atoms with Crippen LogP contribution in [0.15, 0.2) is 23.3 Å².